The third-order valence-corrected chi connectivity index (χ3v) is 5.25. The minimum Gasteiger partial charge on any atom is -0.468 e. The fourth-order valence-electron chi connectivity index (χ4n) is 2.31. The topological polar surface area (TPSA) is 122 Å². The van der Waals surface area contributed by atoms with E-state index in [0.717, 1.165) is 5.01 Å². The molecule has 2 amide bonds. The molecule has 2 rings (SSSR count). The zero-order valence-corrected chi connectivity index (χ0v) is 12.9. The number of nitrogens with one attached hydrogen (secondary N) is 1. The summed E-state index contributed by atoms with van der Waals surface area (Å²) in [5.74, 6) is -1.59. The van der Waals surface area contributed by atoms with Crippen LogP contribution in [0.2, 0.25) is 0 Å². The largest absolute Gasteiger partial charge is 0.468 e. The molecular weight excluding hydrogens is 314 g/mol. The first-order valence-electron chi connectivity index (χ1n) is 6.77. The molecule has 122 valence electrons. The number of hydrogen-bond donors (Lipinski definition) is 1. The van der Waals surface area contributed by atoms with Crippen LogP contribution in [-0.2, 0) is 29.0 Å². The summed E-state index contributed by atoms with van der Waals surface area (Å²) in [6.07, 6.45) is 0.553. The number of esters is 1. The number of sulfone groups is 1. The normalized spacial score (nSPS) is 23.9. The predicted molar refractivity (Wildman–Crippen MR) is 75.6 cm³/mol. The van der Waals surface area contributed by atoms with E-state index in [-0.39, 0.29) is 42.5 Å². The summed E-state index contributed by atoms with van der Waals surface area (Å²) in [5.41, 5.74) is 0.104. The van der Waals surface area contributed by atoms with Crippen LogP contribution in [0.15, 0.2) is 5.10 Å². The third kappa shape index (κ3) is 3.81. The molecule has 2 aliphatic rings. The maximum atomic E-state index is 11.9. The number of ether oxygens (including phenoxy) is 1. The van der Waals surface area contributed by atoms with Crippen molar-refractivity contribution in [2.24, 2.45) is 5.10 Å². The number of hydrogen-bond acceptors (Lipinski definition) is 7. The van der Waals surface area contributed by atoms with E-state index in [1.54, 1.807) is 0 Å². The summed E-state index contributed by atoms with van der Waals surface area (Å²) < 4.78 is 27.4. The Bertz CT molecular complexity index is 627. The van der Waals surface area contributed by atoms with E-state index >= 15 is 0 Å². The van der Waals surface area contributed by atoms with Gasteiger partial charge in [-0.15, -0.1) is 0 Å². The van der Waals surface area contributed by atoms with Gasteiger partial charge in [0.15, 0.2) is 9.84 Å². The smallest absolute Gasteiger partial charge is 0.325 e. The summed E-state index contributed by atoms with van der Waals surface area (Å²) in [6.45, 7) is -0.292. The lowest BCUT2D eigenvalue weighted by Crippen LogP contribution is -2.44. The molecule has 2 aliphatic heterocycles. The van der Waals surface area contributed by atoms with Crippen molar-refractivity contribution >= 4 is 33.3 Å². The minimum absolute atomic E-state index is 0.0147. The van der Waals surface area contributed by atoms with Crippen LogP contribution >= 0.6 is 0 Å². The van der Waals surface area contributed by atoms with Crippen molar-refractivity contribution in [1.29, 1.82) is 0 Å². The molecule has 0 spiro atoms. The number of nitrogens with zero attached hydrogens (tertiary/aromatic N) is 2. The molecule has 0 saturated carbocycles. The zero-order valence-electron chi connectivity index (χ0n) is 12.1. The molecule has 1 fully saturated rings. The second kappa shape index (κ2) is 6.42. The van der Waals surface area contributed by atoms with Gasteiger partial charge < -0.3 is 10.1 Å². The van der Waals surface area contributed by atoms with E-state index in [1.807, 2.05) is 0 Å². The molecule has 22 heavy (non-hydrogen) atoms. The van der Waals surface area contributed by atoms with Gasteiger partial charge in [0.1, 0.15) is 12.3 Å². The van der Waals surface area contributed by atoms with Crippen LogP contribution in [0, 0.1) is 0 Å². The number of hydrazone groups is 1. The molecule has 1 saturated heterocycles. The van der Waals surface area contributed by atoms with E-state index in [2.05, 4.69) is 15.2 Å². The van der Waals surface area contributed by atoms with Gasteiger partial charge in [-0.3, -0.25) is 14.4 Å². The van der Waals surface area contributed by atoms with Crippen LogP contribution in [0.25, 0.3) is 0 Å². The van der Waals surface area contributed by atoms with E-state index in [9.17, 15) is 22.8 Å². The maximum absolute atomic E-state index is 11.9. The highest BCUT2D eigenvalue weighted by Gasteiger charge is 2.37. The van der Waals surface area contributed by atoms with Gasteiger partial charge in [0.2, 0.25) is 5.91 Å². The lowest BCUT2D eigenvalue weighted by atomic mass is 10.1. The Kier molecular flexibility index (Phi) is 4.79. The summed E-state index contributed by atoms with van der Waals surface area (Å²) >= 11 is 0. The monoisotopic (exact) mass is 331 g/mol. The first-order chi connectivity index (χ1) is 10.3. The van der Waals surface area contributed by atoms with Crippen LogP contribution in [0.4, 0.5) is 0 Å². The van der Waals surface area contributed by atoms with Crippen molar-refractivity contribution in [2.75, 3.05) is 25.2 Å². The van der Waals surface area contributed by atoms with Crippen molar-refractivity contribution in [2.45, 2.75) is 25.3 Å². The van der Waals surface area contributed by atoms with Crippen LogP contribution in [0.5, 0.6) is 0 Å². The molecule has 0 aromatic rings. The highest BCUT2D eigenvalue weighted by molar-refractivity contribution is 7.91. The first-order valence-corrected chi connectivity index (χ1v) is 8.59. The number of carbonyl (C=O) groups excluding carboxylic acids is 3. The maximum Gasteiger partial charge on any atom is 0.325 e. The van der Waals surface area contributed by atoms with Gasteiger partial charge in [-0.25, -0.2) is 13.4 Å². The Morgan fingerprint density at radius 1 is 1.41 bits per heavy atom. The van der Waals surface area contributed by atoms with Gasteiger partial charge in [-0.2, -0.15) is 5.10 Å². The molecular formula is C12H17N3O6S. The van der Waals surface area contributed by atoms with Crippen molar-refractivity contribution < 1.29 is 27.5 Å². The molecule has 9 nitrogen and oxygen atoms in total. The summed E-state index contributed by atoms with van der Waals surface area (Å²) in [7, 11) is -1.95. The Hall–Kier alpha value is -1.97. The molecule has 0 radical (unpaired) electrons. The second-order valence-corrected chi connectivity index (χ2v) is 7.33. The average molecular weight is 331 g/mol. The summed E-state index contributed by atoms with van der Waals surface area (Å²) in [5, 5.41) is 7.43. The van der Waals surface area contributed by atoms with E-state index in [4.69, 9.17) is 0 Å². The first kappa shape index (κ1) is 16.4. The van der Waals surface area contributed by atoms with Crippen LogP contribution < -0.4 is 5.32 Å². The standard InChI is InChI=1S/C12H17N3O6S/c1-21-11(17)6-13-12(18)9-2-3-10(16)15(14-9)8-4-5-22(19,20)7-8/h8H,2-7H2,1H3,(H,13,18)/t8-/m0/s1. The SMILES string of the molecule is COC(=O)CNC(=O)C1=NN([C@H]2CCS(=O)(=O)C2)C(=O)CC1. The van der Waals surface area contributed by atoms with Crippen molar-refractivity contribution in [3.05, 3.63) is 0 Å². The van der Waals surface area contributed by atoms with Gasteiger partial charge >= 0.3 is 5.97 Å². The predicted octanol–water partition coefficient (Wildman–Crippen LogP) is -1.56. The van der Waals surface area contributed by atoms with E-state index < -0.39 is 27.8 Å². The van der Waals surface area contributed by atoms with Gasteiger partial charge in [0.25, 0.3) is 5.91 Å². The summed E-state index contributed by atoms with van der Waals surface area (Å²) in [6, 6.07) is -0.527. The average Bonchev–Trinajstić information content (AvgIpc) is 2.84. The molecule has 0 aromatic carbocycles. The molecule has 10 heteroatoms. The highest BCUT2D eigenvalue weighted by Crippen LogP contribution is 2.22. The van der Waals surface area contributed by atoms with Gasteiger partial charge in [-0.1, -0.05) is 0 Å². The third-order valence-electron chi connectivity index (χ3n) is 3.50. The molecule has 0 aromatic heterocycles. The van der Waals surface area contributed by atoms with Crippen LogP contribution in [-0.4, -0.2) is 68.1 Å². The molecule has 1 atom stereocenters. The molecule has 0 unspecified atom stereocenters. The Balaban J connectivity index is 2.06. The van der Waals surface area contributed by atoms with E-state index in [0.29, 0.717) is 6.42 Å². The molecule has 2 heterocycles. The fraction of sp³-hybridized carbons (Fsp3) is 0.667. The Labute approximate surface area is 127 Å². The number of rotatable bonds is 4. The zero-order chi connectivity index (χ0) is 16.3. The van der Waals surface area contributed by atoms with Crippen molar-refractivity contribution in [3.8, 4) is 0 Å². The van der Waals surface area contributed by atoms with Crippen LogP contribution in [0.3, 0.4) is 0 Å². The van der Waals surface area contributed by atoms with Gasteiger partial charge in [-0.05, 0) is 6.42 Å². The van der Waals surface area contributed by atoms with Crippen molar-refractivity contribution in [1.82, 2.24) is 10.3 Å². The number of methoxy groups -OCH3 is 1. The number of amides is 2. The molecule has 1 N–H and O–H groups in total. The lowest BCUT2D eigenvalue weighted by Gasteiger charge is -2.27. The summed E-state index contributed by atoms with van der Waals surface area (Å²) in [4.78, 5) is 34.8. The fourth-order valence-corrected chi connectivity index (χ4v) is 4.01. The minimum atomic E-state index is -3.16. The lowest BCUT2D eigenvalue weighted by molar-refractivity contribution is -0.140. The van der Waals surface area contributed by atoms with Gasteiger partial charge in [0, 0.05) is 12.8 Å². The number of carbonyl (C=O) groups is 3. The Morgan fingerprint density at radius 3 is 2.73 bits per heavy atom. The highest BCUT2D eigenvalue weighted by atomic mass is 32.2. The van der Waals surface area contributed by atoms with E-state index in [1.165, 1.54) is 7.11 Å². The van der Waals surface area contributed by atoms with Crippen LogP contribution in [0.1, 0.15) is 19.3 Å². The second-order valence-electron chi connectivity index (χ2n) is 5.10. The quantitative estimate of drug-likeness (QED) is 0.622. The van der Waals surface area contributed by atoms with Gasteiger partial charge in [0.05, 0.1) is 24.7 Å². The Morgan fingerprint density at radius 2 is 2.14 bits per heavy atom. The molecule has 0 aliphatic carbocycles. The van der Waals surface area contributed by atoms with Crippen molar-refractivity contribution in [3.63, 3.8) is 0 Å². The molecule has 0 bridgehead atoms.